The third-order valence-corrected chi connectivity index (χ3v) is 4.23. The van der Waals surface area contributed by atoms with Crippen molar-refractivity contribution in [2.45, 2.75) is 32.2 Å². The van der Waals surface area contributed by atoms with Gasteiger partial charge in [-0.25, -0.2) is 0 Å². The van der Waals surface area contributed by atoms with Gasteiger partial charge in [0.15, 0.2) is 0 Å². The molecule has 1 spiro atoms. The Balaban J connectivity index is 2.03. The van der Waals surface area contributed by atoms with Gasteiger partial charge in [-0.3, -0.25) is 4.79 Å². The Morgan fingerprint density at radius 1 is 1.62 bits per heavy atom. The lowest BCUT2D eigenvalue weighted by molar-refractivity contribution is -0.131. The first-order chi connectivity index (χ1) is 7.59. The van der Waals surface area contributed by atoms with E-state index in [9.17, 15) is 4.79 Å². The van der Waals surface area contributed by atoms with E-state index in [-0.39, 0.29) is 11.9 Å². The van der Waals surface area contributed by atoms with E-state index in [1.165, 1.54) is 19.3 Å². The van der Waals surface area contributed by atoms with Gasteiger partial charge in [-0.2, -0.15) is 0 Å². The number of methoxy groups -OCH3 is 1. The maximum absolute atomic E-state index is 11.9. The third kappa shape index (κ3) is 1.84. The zero-order valence-corrected chi connectivity index (χ0v) is 10.2. The van der Waals surface area contributed by atoms with Crippen LogP contribution in [0.25, 0.3) is 0 Å². The molecule has 1 aliphatic carbocycles. The summed E-state index contributed by atoms with van der Waals surface area (Å²) in [6.07, 6.45) is 3.77. The maximum Gasteiger partial charge on any atom is 0.239 e. The van der Waals surface area contributed by atoms with Crippen LogP contribution in [0.3, 0.4) is 0 Å². The second-order valence-corrected chi connectivity index (χ2v) is 5.38. The van der Waals surface area contributed by atoms with Crippen molar-refractivity contribution in [3.63, 3.8) is 0 Å². The van der Waals surface area contributed by atoms with E-state index < -0.39 is 0 Å². The molecular weight excluding hydrogens is 204 g/mol. The quantitative estimate of drug-likeness (QED) is 0.767. The topological polar surface area (TPSA) is 55.6 Å². The van der Waals surface area contributed by atoms with Crippen LogP contribution >= 0.6 is 0 Å². The summed E-state index contributed by atoms with van der Waals surface area (Å²) in [4.78, 5) is 13.8. The van der Waals surface area contributed by atoms with Crippen molar-refractivity contribution in [1.29, 1.82) is 0 Å². The van der Waals surface area contributed by atoms with Crippen molar-refractivity contribution >= 4 is 5.91 Å². The van der Waals surface area contributed by atoms with Crippen LogP contribution in [0.5, 0.6) is 0 Å². The molecule has 1 heterocycles. The minimum atomic E-state index is -0.376. The van der Waals surface area contributed by atoms with Gasteiger partial charge in [0.25, 0.3) is 0 Å². The Bertz CT molecular complexity index is 274. The average molecular weight is 226 g/mol. The molecule has 1 amide bonds. The predicted octanol–water partition coefficient (Wildman–Crippen LogP) is 0.609. The number of likely N-dealkylation sites (tertiary alicyclic amines) is 1. The molecule has 2 aliphatic rings. The summed E-state index contributed by atoms with van der Waals surface area (Å²) in [7, 11) is 1.74. The van der Waals surface area contributed by atoms with Crippen molar-refractivity contribution in [2.24, 2.45) is 17.1 Å². The zero-order valence-electron chi connectivity index (χ0n) is 10.2. The van der Waals surface area contributed by atoms with E-state index >= 15 is 0 Å². The highest BCUT2D eigenvalue weighted by Gasteiger charge is 2.51. The number of amides is 1. The van der Waals surface area contributed by atoms with Crippen LogP contribution in [0.1, 0.15) is 26.2 Å². The Kier molecular flexibility index (Phi) is 3.22. The molecule has 0 radical (unpaired) electrons. The first kappa shape index (κ1) is 11.9. The molecule has 1 saturated carbocycles. The van der Waals surface area contributed by atoms with E-state index in [1.54, 1.807) is 14.0 Å². The van der Waals surface area contributed by atoms with Crippen molar-refractivity contribution < 1.29 is 9.53 Å². The molecule has 4 nitrogen and oxygen atoms in total. The van der Waals surface area contributed by atoms with Crippen LogP contribution < -0.4 is 5.73 Å². The Morgan fingerprint density at radius 3 is 2.75 bits per heavy atom. The molecule has 2 N–H and O–H groups in total. The number of hydrogen-bond donors (Lipinski definition) is 1. The summed E-state index contributed by atoms with van der Waals surface area (Å²) in [5.41, 5.74) is 6.01. The highest BCUT2D eigenvalue weighted by atomic mass is 16.5. The summed E-state index contributed by atoms with van der Waals surface area (Å²) >= 11 is 0. The summed E-state index contributed by atoms with van der Waals surface area (Å²) in [5, 5.41) is 0. The van der Waals surface area contributed by atoms with Gasteiger partial charge in [0.05, 0.1) is 12.6 Å². The van der Waals surface area contributed by atoms with Gasteiger partial charge < -0.3 is 15.4 Å². The van der Waals surface area contributed by atoms with E-state index in [0.29, 0.717) is 11.3 Å². The van der Waals surface area contributed by atoms with Gasteiger partial charge in [0, 0.05) is 26.1 Å². The molecule has 1 aliphatic heterocycles. The number of nitrogens with zero attached hydrogens (tertiary/aromatic N) is 1. The minimum Gasteiger partial charge on any atom is -0.384 e. The molecule has 16 heavy (non-hydrogen) atoms. The standard InChI is InChI=1S/C12H22N2O2/c1-9(13)11(15)14-6-10(7-16-2)12(8-14)4-3-5-12/h9-10H,3-8,13H2,1-2H3/t9-,10-/m1/s1. The van der Waals surface area contributed by atoms with Crippen molar-refractivity contribution in [3.05, 3.63) is 0 Å². The number of rotatable bonds is 3. The Labute approximate surface area is 97.1 Å². The third-order valence-electron chi connectivity index (χ3n) is 4.23. The lowest BCUT2D eigenvalue weighted by atomic mass is 9.63. The number of carbonyl (C=O) groups excluding carboxylic acids is 1. The fourth-order valence-electron chi connectivity index (χ4n) is 3.12. The predicted molar refractivity (Wildman–Crippen MR) is 61.9 cm³/mol. The highest BCUT2D eigenvalue weighted by Crippen LogP contribution is 2.51. The second kappa shape index (κ2) is 4.34. The number of ether oxygens (including phenoxy) is 1. The molecule has 0 aromatic carbocycles. The normalized spacial score (nSPS) is 29.2. The SMILES string of the molecule is COC[C@H]1CN(C(=O)[C@@H](C)N)CC12CCC2. The van der Waals surface area contributed by atoms with Gasteiger partial charge in [0.2, 0.25) is 5.91 Å². The number of nitrogens with two attached hydrogens (primary N) is 1. The van der Waals surface area contributed by atoms with Crippen LogP contribution in [0.4, 0.5) is 0 Å². The van der Waals surface area contributed by atoms with Gasteiger partial charge in [-0.1, -0.05) is 6.42 Å². The van der Waals surface area contributed by atoms with Gasteiger partial charge in [-0.15, -0.1) is 0 Å². The molecule has 2 rings (SSSR count). The van der Waals surface area contributed by atoms with Crippen LogP contribution in [0.2, 0.25) is 0 Å². The van der Waals surface area contributed by atoms with E-state index in [1.807, 2.05) is 4.90 Å². The smallest absolute Gasteiger partial charge is 0.239 e. The Morgan fingerprint density at radius 2 is 2.31 bits per heavy atom. The first-order valence-corrected chi connectivity index (χ1v) is 6.12. The van der Waals surface area contributed by atoms with Crippen LogP contribution in [-0.4, -0.2) is 43.7 Å². The van der Waals surface area contributed by atoms with Crippen LogP contribution in [0, 0.1) is 11.3 Å². The summed E-state index contributed by atoms with van der Waals surface area (Å²) in [6.45, 7) is 4.25. The molecule has 0 aromatic heterocycles. The average Bonchev–Trinajstić information content (AvgIpc) is 2.56. The monoisotopic (exact) mass is 226 g/mol. The molecule has 2 fully saturated rings. The van der Waals surface area contributed by atoms with E-state index in [2.05, 4.69) is 0 Å². The highest BCUT2D eigenvalue weighted by molar-refractivity contribution is 5.81. The fraction of sp³-hybridized carbons (Fsp3) is 0.917. The van der Waals surface area contributed by atoms with Gasteiger partial charge in [-0.05, 0) is 25.2 Å². The number of hydrogen-bond acceptors (Lipinski definition) is 3. The lowest BCUT2D eigenvalue weighted by Crippen LogP contribution is -2.43. The van der Waals surface area contributed by atoms with Gasteiger partial charge >= 0.3 is 0 Å². The lowest BCUT2D eigenvalue weighted by Gasteiger charge is -2.42. The fourth-order valence-corrected chi connectivity index (χ4v) is 3.12. The zero-order chi connectivity index (χ0) is 11.8. The van der Waals surface area contributed by atoms with Crippen LogP contribution in [-0.2, 0) is 9.53 Å². The minimum absolute atomic E-state index is 0.0879. The van der Waals surface area contributed by atoms with E-state index in [0.717, 1.165) is 19.7 Å². The van der Waals surface area contributed by atoms with E-state index in [4.69, 9.17) is 10.5 Å². The van der Waals surface area contributed by atoms with Crippen molar-refractivity contribution in [2.75, 3.05) is 26.8 Å². The summed E-state index contributed by atoms with van der Waals surface area (Å²) < 4.78 is 5.28. The molecule has 0 unspecified atom stereocenters. The molecule has 92 valence electrons. The van der Waals surface area contributed by atoms with Gasteiger partial charge in [0.1, 0.15) is 0 Å². The van der Waals surface area contributed by atoms with Crippen molar-refractivity contribution in [1.82, 2.24) is 4.90 Å². The molecule has 2 atom stereocenters. The summed E-state index contributed by atoms with van der Waals surface area (Å²) in [5.74, 6) is 0.596. The maximum atomic E-state index is 11.9. The van der Waals surface area contributed by atoms with Crippen molar-refractivity contribution in [3.8, 4) is 0 Å². The molecule has 4 heteroatoms. The summed E-state index contributed by atoms with van der Waals surface area (Å²) in [6, 6.07) is -0.376. The van der Waals surface area contributed by atoms with Crippen LogP contribution in [0.15, 0.2) is 0 Å². The largest absolute Gasteiger partial charge is 0.384 e. The first-order valence-electron chi connectivity index (χ1n) is 6.12. The number of carbonyl (C=O) groups is 1. The molecular formula is C12H22N2O2. The molecule has 0 bridgehead atoms. The molecule has 0 aromatic rings. The second-order valence-electron chi connectivity index (χ2n) is 5.38. The molecule has 1 saturated heterocycles. The Hall–Kier alpha value is -0.610.